The number of aliphatic carboxylic acids is 1. The summed E-state index contributed by atoms with van der Waals surface area (Å²) in [7, 11) is 2.66. The van der Waals surface area contributed by atoms with Crippen LogP contribution in [0.2, 0.25) is 0 Å². The number of ether oxygens (including phenoxy) is 2. The molecular formula is C12H20N2O6. The lowest BCUT2D eigenvalue weighted by molar-refractivity contribution is -0.159. The van der Waals surface area contributed by atoms with E-state index in [1.807, 2.05) is 0 Å². The molecule has 1 heterocycles. The Balaban J connectivity index is 2.77. The normalized spacial score (nSPS) is 19.4. The summed E-state index contributed by atoms with van der Waals surface area (Å²) in [5, 5.41) is 9.13. The minimum absolute atomic E-state index is 0.0472. The van der Waals surface area contributed by atoms with Gasteiger partial charge >= 0.3 is 18.0 Å². The molecular weight excluding hydrogens is 268 g/mol. The van der Waals surface area contributed by atoms with Gasteiger partial charge in [0, 0.05) is 13.6 Å². The highest BCUT2D eigenvalue weighted by Gasteiger charge is 2.39. The van der Waals surface area contributed by atoms with Crippen LogP contribution in [-0.4, -0.2) is 78.4 Å². The summed E-state index contributed by atoms with van der Waals surface area (Å²) < 4.78 is 9.79. The molecule has 114 valence electrons. The number of nitrogens with zero attached hydrogens (tertiary/aromatic N) is 2. The largest absolute Gasteiger partial charge is 0.480 e. The topological polar surface area (TPSA) is 96.4 Å². The first-order valence-corrected chi connectivity index (χ1v) is 6.17. The number of urea groups is 1. The van der Waals surface area contributed by atoms with E-state index in [2.05, 4.69) is 4.74 Å². The number of carboxylic acids is 1. The first-order chi connectivity index (χ1) is 9.21. The van der Waals surface area contributed by atoms with Crippen molar-refractivity contribution in [1.29, 1.82) is 0 Å². The van der Waals surface area contributed by atoms with Crippen LogP contribution in [-0.2, 0) is 19.1 Å². The average molecular weight is 288 g/mol. The second kappa shape index (κ2) is 6.08. The average Bonchev–Trinajstić information content (AvgIpc) is 2.44. The Hall–Kier alpha value is -1.83. The van der Waals surface area contributed by atoms with Crippen LogP contribution in [0.15, 0.2) is 0 Å². The Morgan fingerprint density at radius 2 is 2.00 bits per heavy atom. The minimum atomic E-state index is -1.34. The third-order valence-corrected chi connectivity index (χ3v) is 3.45. The third kappa shape index (κ3) is 3.19. The molecule has 1 saturated heterocycles. The van der Waals surface area contributed by atoms with Crippen LogP contribution in [0.3, 0.4) is 0 Å². The van der Waals surface area contributed by atoms with Crippen molar-refractivity contribution in [1.82, 2.24) is 9.80 Å². The van der Waals surface area contributed by atoms with Crippen molar-refractivity contribution >= 4 is 18.0 Å². The van der Waals surface area contributed by atoms with Crippen LogP contribution >= 0.6 is 0 Å². The van der Waals surface area contributed by atoms with E-state index in [1.165, 1.54) is 32.9 Å². The fraction of sp³-hybridized carbons (Fsp3) is 0.750. The van der Waals surface area contributed by atoms with Crippen molar-refractivity contribution in [3.05, 3.63) is 0 Å². The molecule has 20 heavy (non-hydrogen) atoms. The molecule has 0 aromatic carbocycles. The zero-order chi connectivity index (χ0) is 15.5. The zero-order valence-corrected chi connectivity index (χ0v) is 12.1. The van der Waals surface area contributed by atoms with Gasteiger partial charge in [-0.2, -0.15) is 0 Å². The van der Waals surface area contributed by atoms with Crippen molar-refractivity contribution in [2.24, 2.45) is 0 Å². The number of hydrogen-bond acceptors (Lipinski definition) is 5. The maximum atomic E-state index is 12.3. The van der Waals surface area contributed by atoms with Crippen LogP contribution in [0.5, 0.6) is 0 Å². The highest BCUT2D eigenvalue weighted by Crippen LogP contribution is 2.17. The molecule has 1 unspecified atom stereocenters. The Bertz CT molecular complexity index is 409. The molecule has 0 bridgehead atoms. The molecule has 1 aliphatic rings. The zero-order valence-electron chi connectivity index (χ0n) is 12.1. The van der Waals surface area contributed by atoms with Crippen molar-refractivity contribution in [3.63, 3.8) is 0 Å². The maximum Gasteiger partial charge on any atom is 0.336 e. The molecule has 2 amide bonds. The Morgan fingerprint density at radius 1 is 1.40 bits per heavy atom. The number of hydrogen-bond donors (Lipinski definition) is 1. The first-order valence-electron chi connectivity index (χ1n) is 6.17. The van der Waals surface area contributed by atoms with Gasteiger partial charge in [0.1, 0.15) is 5.54 Å². The van der Waals surface area contributed by atoms with Gasteiger partial charge in [-0.15, -0.1) is 0 Å². The molecule has 0 aliphatic carbocycles. The van der Waals surface area contributed by atoms with Crippen molar-refractivity contribution < 1.29 is 29.0 Å². The molecule has 1 aliphatic heterocycles. The van der Waals surface area contributed by atoms with Crippen LogP contribution in [0, 0.1) is 0 Å². The summed E-state index contributed by atoms with van der Waals surface area (Å²) in [5.74, 6) is -1.66. The Morgan fingerprint density at radius 3 is 2.50 bits per heavy atom. The third-order valence-electron chi connectivity index (χ3n) is 3.45. The molecule has 8 heteroatoms. The predicted octanol–water partition coefficient (Wildman–Crippen LogP) is -0.225. The van der Waals surface area contributed by atoms with Gasteiger partial charge in [-0.1, -0.05) is 0 Å². The quantitative estimate of drug-likeness (QED) is 0.721. The number of likely N-dealkylation sites (N-methyl/N-ethyl adjacent to an activating group) is 1. The summed E-state index contributed by atoms with van der Waals surface area (Å²) >= 11 is 0. The monoisotopic (exact) mass is 288 g/mol. The number of carbonyl (C=O) groups excluding carboxylic acids is 2. The van der Waals surface area contributed by atoms with Gasteiger partial charge in [0.25, 0.3) is 0 Å². The van der Waals surface area contributed by atoms with Gasteiger partial charge in [-0.05, 0) is 13.8 Å². The minimum Gasteiger partial charge on any atom is -0.480 e. The van der Waals surface area contributed by atoms with E-state index < -0.39 is 29.6 Å². The Labute approximate surface area is 117 Å². The van der Waals surface area contributed by atoms with Gasteiger partial charge < -0.3 is 24.4 Å². The maximum absolute atomic E-state index is 12.3. The molecule has 1 rings (SSSR count). The summed E-state index contributed by atoms with van der Waals surface area (Å²) in [4.78, 5) is 37.4. The fourth-order valence-electron chi connectivity index (χ4n) is 1.69. The van der Waals surface area contributed by atoms with E-state index in [9.17, 15) is 14.4 Å². The fourth-order valence-corrected chi connectivity index (χ4v) is 1.69. The molecule has 1 N–H and O–H groups in total. The molecule has 0 radical (unpaired) electrons. The van der Waals surface area contributed by atoms with Gasteiger partial charge in [-0.3, -0.25) is 0 Å². The van der Waals surface area contributed by atoms with Crippen LogP contribution < -0.4 is 0 Å². The molecule has 0 aromatic heterocycles. The standard InChI is InChI=1S/C12H20N2O6/c1-12(2,10(16)17)13(3)11(18)14-5-6-20-8(7-14)9(15)19-4/h8H,5-7H2,1-4H3,(H,16,17). The van der Waals surface area contributed by atoms with Crippen molar-refractivity contribution in [2.75, 3.05) is 33.9 Å². The number of amides is 2. The van der Waals surface area contributed by atoms with E-state index in [0.717, 1.165) is 4.90 Å². The van der Waals surface area contributed by atoms with Crippen LogP contribution in [0.1, 0.15) is 13.8 Å². The van der Waals surface area contributed by atoms with Gasteiger partial charge in [0.15, 0.2) is 6.10 Å². The lowest BCUT2D eigenvalue weighted by atomic mass is 10.0. The summed E-state index contributed by atoms with van der Waals surface area (Å²) in [6, 6.07) is -0.463. The molecule has 0 aromatic rings. The number of methoxy groups -OCH3 is 1. The molecule has 0 saturated carbocycles. The summed E-state index contributed by atoms with van der Waals surface area (Å²) in [6.45, 7) is 3.42. The smallest absolute Gasteiger partial charge is 0.336 e. The van der Waals surface area contributed by atoms with Gasteiger partial charge in [0.2, 0.25) is 0 Å². The number of esters is 1. The number of morpholine rings is 1. The SMILES string of the molecule is COC(=O)C1CN(C(=O)N(C)C(C)(C)C(=O)O)CCO1. The van der Waals surface area contributed by atoms with Gasteiger partial charge in [0.05, 0.1) is 20.3 Å². The van der Waals surface area contributed by atoms with Crippen LogP contribution in [0.4, 0.5) is 4.79 Å². The second-order valence-corrected chi connectivity index (χ2v) is 5.03. The second-order valence-electron chi connectivity index (χ2n) is 5.03. The van der Waals surface area contributed by atoms with Gasteiger partial charge in [-0.25, -0.2) is 14.4 Å². The highest BCUT2D eigenvalue weighted by atomic mass is 16.6. The van der Waals surface area contributed by atoms with E-state index in [1.54, 1.807) is 0 Å². The summed E-state index contributed by atoms with van der Waals surface area (Å²) in [6.07, 6.45) is -0.834. The predicted molar refractivity (Wildman–Crippen MR) is 68.2 cm³/mol. The lowest BCUT2D eigenvalue weighted by Gasteiger charge is -2.38. The van der Waals surface area contributed by atoms with Crippen molar-refractivity contribution in [3.8, 4) is 0 Å². The summed E-state index contributed by atoms with van der Waals surface area (Å²) in [5.41, 5.74) is -1.34. The van der Waals surface area contributed by atoms with E-state index in [4.69, 9.17) is 9.84 Å². The first kappa shape index (κ1) is 16.2. The van der Waals surface area contributed by atoms with E-state index in [-0.39, 0.29) is 13.2 Å². The number of carboxylic acid groups (broad SMARTS) is 1. The Kier molecular flexibility index (Phi) is 4.93. The number of rotatable bonds is 3. The van der Waals surface area contributed by atoms with E-state index >= 15 is 0 Å². The lowest BCUT2D eigenvalue weighted by Crippen LogP contribution is -2.58. The molecule has 8 nitrogen and oxygen atoms in total. The van der Waals surface area contributed by atoms with Crippen molar-refractivity contribution in [2.45, 2.75) is 25.5 Å². The number of carbonyl (C=O) groups is 3. The molecule has 1 atom stereocenters. The van der Waals surface area contributed by atoms with E-state index in [0.29, 0.717) is 6.54 Å². The van der Waals surface area contributed by atoms with Crippen LogP contribution in [0.25, 0.3) is 0 Å². The molecule has 1 fully saturated rings. The highest BCUT2D eigenvalue weighted by molar-refractivity contribution is 5.86. The molecule has 0 spiro atoms.